The minimum Gasteiger partial charge on any atom is -0.264 e. The van der Waals surface area contributed by atoms with Gasteiger partial charge < -0.3 is 0 Å². The van der Waals surface area contributed by atoms with Gasteiger partial charge in [-0.15, -0.1) is 0 Å². The van der Waals surface area contributed by atoms with Gasteiger partial charge in [0.2, 0.25) is 0 Å². The van der Waals surface area contributed by atoms with Crippen molar-refractivity contribution in [3.05, 3.63) is 0 Å². The van der Waals surface area contributed by atoms with E-state index in [9.17, 15) is 8.42 Å². The summed E-state index contributed by atoms with van der Waals surface area (Å²) in [4.78, 5) is 0. The number of hydrogen-bond acceptors (Lipinski definition) is 3. The van der Waals surface area contributed by atoms with Crippen LogP contribution in [0.2, 0.25) is 0 Å². The van der Waals surface area contributed by atoms with E-state index in [0.717, 1.165) is 25.7 Å². The van der Waals surface area contributed by atoms with Crippen molar-refractivity contribution in [3.8, 4) is 0 Å². The van der Waals surface area contributed by atoms with Crippen LogP contribution in [0.15, 0.2) is 0 Å². The van der Waals surface area contributed by atoms with Crippen LogP contribution in [0.4, 0.5) is 0 Å². The predicted octanol–water partition coefficient (Wildman–Crippen LogP) is 2.80. The van der Waals surface area contributed by atoms with Crippen molar-refractivity contribution in [3.63, 3.8) is 0 Å². The highest BCUT2D eigenvalue weighted by molar-refractivity contribution is 7.80. The fraction of sp³-hybridized carbons (Fsp3) is 1.00. The van der Waals surface area contributed by atoms with Crippen LogP contribution in [-0.4, -0.2) is 19.1 Å². The van der Waals surface area contributed by atoms with Crippen molar-refractivity contribution < 1.29 is 17.2 Å². The lowest BCUT2D eigenvalue weighted by molar-refractivity contribution is 0.110. The molecule has 4 nitrogen and oxygen atoms in total. The van der Waals surface area contributed by atoms with Gasteiger partial charge in [0.05, 0.1) is 6.10 Å². The van der Waals surface area contributed by atoms with Crippen LogP contribution >= 0.6 is 0 Å². The van der Waals surface area contributed by atoms with Gasteiger partial charge in [0.15, 0.2) is 0 Å². The fourth-order valence-corrected chi connectivity index (χ4v) is 2.36. The van der Waals surface area contributed by atoms with Crippen LogP contribution in [-0.2, 0) is 14.6 Å². The molecule has 0 aliphatic heterocycles. The minimum absolute atomic E-state index is 0.205. The summed E-state index contributed by atoms with van der Waals surface area (Å²) in [5.74, 6) is 0.205. The maximum absolute atomic E-state index is 10.6. The Hall–Kier alpha value is -0.130. The van der Waals surface area contributed by atoms with Crippen LogP contribution < -0.4 is 0 Å². The van der Waals surface area contributed by atoms with Crippen LogP contribution in [0.3, 0.4) is 0 Å². The Labute approximate surface area is 93.0 Å². The van der Waals surface area contributed by atoms with E-state index < -0.39 is 16.5 Å². The smallest absolute Gasteiger partial charge is 0.264 e. The zero-order chi connectivity index (χ0) is 11.9. The molecule has 0 aromatic heterocycles. The molecule has 0 amide bonds. The molecule has 1 N–H and O–H groups in total. The van der Waals surface area contributed by atoms with Crippen LogP contribution in [0.1, 0.15) is 52.9 Å². The van der Waals surface area contributed by atoms with Crippen molar-refractivity contribution in [1.29, 1.82) is 0 Å². The van der Waals surface area contributed by atoms with Gasteiger partial charge >= 0.3 is 10.4 Å². The molecule has 15 heavy (non-hydrogen) atoms. The van der Waals surface area contributed by atoms with Crippen LogP contribution in [0.25, 0.3) is 0 Å². The quantitative estimate of drug-likeness (QED) is 0.660. The summed E-state index contributed by atoms with van der Waals surface area (Å²) in [6.07, 6.45) is 4.16. The molecule has 0 aliphatic carbocycles. The van der Waals surface area contributed by atoms with Gasteiger partial charge in [0, 0.05) is 0 Å². The van der Waals surface area contributed by atoms with Crippen molar-refractivity contribution in [2.45, 2.75) is 59.0 Å². The number of hydrogen-bond donors (Lipinski definition) is 1. The first-order chi connectivity index (χ1) is 6.94. The molecule has 0 aromatic carbocycles. The van der Waals surface area contributed by atoms with E-state index in [4.69, 9.17) is 4.55 Å². The molecule has 0 heterocycles. The summed E-state index contributed by atoms with van der Waals surface area (Å²) in [5, 5.41) is 0. The monoisotopic (exact) mass is 238 g/mol. The molecule has 0 radical (unpaired) electrons. The highest BCUT2D eigenvalue weighted by Gasteiger charge is 2.23. The zero-order valence-corrected chi connectivity index (χ0v) is 10.6. The Morgan fingerprint density at radius 1 is 1.20 bits per heavy atom. The molecular formula is C10H22O4S. The first-order valence-corrected chi connectivity index (χ1v) is 6.96. The minimum atomic E-state index is -4.32. The van der Waals surface area contributed by atoms with E-state index in [0.29, 0.717) is 6.42 Å². The normalized spacial score (nSPS) is 16.3. The molecule has 0 spiro atoms. The molecule has 0 fully saturated rings. The Morgan fingerprint density at radius 3 is 2.13 bits per heavy atom. The Kier molecular flexibility index (Phi) is 7.13. The van der Waals surface area contributed by atoms with Crippen molar-refractivity contribution >= 4 is 10.4 Å². The molecule has 0 aromatic rings. The van der Waals surface area contributed by atoms with Gasteiger partial charge in [-0.25, -0.2) is 4.18 Å². The van der Waals surface area contributed by atoms with Gasteiger partial charge in [-0.2, -0.15) is 8.42 Å². The molecule has 2 unspecified atom stereocenters. The molecule has 92 valence electrons. The third-order valence-corrected chi connectivity index (χ3v) is 3.12. The Morgan fingerprint density at radius 2 is 1.80 bits per heavy atom. The average molecular weight is 238 g/mol. The maximum Gasteiger partial charge on any atom is 0.397 e. The van der Waals surface area contributed by atoms with E-state index >= 15 is 0 Å². The van der Waals surface area contributed by atoms with Crippen molar-refractivity contribution in [1.82, 2.24) is 0 Å². The lowest BCUT2D eigenvalue weighted by Gasteiger charge is -2.23. The van der Waals surface area contributed by atoms with Gasteiger partial charge in [-0.1, -0.05) is 40.0 Å². The SMILES string of the molecule is CCCCC(CC)C(CC)OS(=O)(=O)O. The van der Waals surface area contributed by atoms with E-state index in [1.165, 1.54) is 0 Å². The maximum atomic E-state index is 10.6. The third kappa shape index (κ3) is 6.87. The third-order valence-electron chi connectivity index (χ3n) is 2.63. The first kappa shape index (κ1) is 14.9. The second-order valence-corrected chi connectivity index (χ2v) is 4.83. The first-order valence-electron chi connectivity index (χ1n) is 5.60. The molecule has 2 atom stereocenters. The standard InChI is InChI=1S/C10H22O4S/c1-4-7-8-9(5-2)10(6-3)14-15(11,12)13/h9-10H,4-8H2,1-3H3,(H,11,12,13). The van der Waals surface area contributed by atoms with Crippen LogP contribution in [0.5, 0.6) is 0 Å². The lowest BCUT2D eigenvalue weighted by atomic mass is 9.92. The molecule has 5 heteroatoms. The predicted molar refractivity (Wildman–Crippen MR) is 60.0 cm³/mol. The topological polar surface area (TPSA) is 63.6 Å². The molecule has 0 bridgehead atoms. The van der Waals surface area contributed by atoms with E-state index in [2.05, 4.69) is 11.1 Å². The lowest BCUT2D eigenvalue weighted by Crippen LogP contribution is -2.26. The summed E-state index contributed by atoms with van der Waals surface area (Å²) < 4.78 is 34.6. The molecule has 0 aliphatic rings. The largest absolute Gasteiger partial charge is 0.397 e. The van der Waals surface area contributed by atoms with Crippen LogP contribution in [0, 0.1) is 5.92 Å². The second kappa shape index (κ2) is 7.19. The van der Waals surface area contributed by atoms with Gasteiger partial charge in [0.1, 0.15) is 0 Å². The summed E-state index contributed by atoms with van der Waals surface area (Å²) in [7, 11) is -4.32. The number of unbranched alkanes of at least 4 members (excludes halogenated alkanes) is 1. The summed E-state index contributed by atoms with van der Waals surface area (Å²) >= 11 is 0. The molecule has 0 saturated heterocycles. The van der Waals surface area contributed by atoms with Crippen molar-refractivity contribution in [2.75, 3.05) is 0 Å². The summed E-state index contributed by atoms with van der Waals surface area (Å²) in [6, 6.07) is 0. The zero-order valence-electron chi connectivity index (χ0n) is 9.77. The van der Waals surface area contributed by atoms with E-state index in [1.807, 2.05) is 13.8 Å². The summed E-state index contributed by atoms with van der Waals surface area (Å²) in [5.41, 5.74) is 0. The van der Waals surface area contributed by atoms with Crippen molar-refractivity contribution in [2.24, 2.45) is 5.92 Å². The fourth-order valence-electron chi connectivity index (χ4n) is 1.76. The van der Waals surface area contributed by atoms with E-state index in [1.54, 1.807) is 0 Å². The molecular weight excluding hydrogens is 216 g/mol. The van der Waals surface area contributed by atoms with Gasteiger partial charge in [-0.05, 0) is 18.8 Å². The van der Waals surface area contributed by atoms with E-state index in [-0.39, 0.29) is 5.92 Å². The Balaban J connectivity index is 4.33. The van der Waals surface area contributed by atoms with Gasteiger partial charge in [0.25, 0.3) is 0 Å². The highest BCUT2D eigenvalue weighted by atomic mass is 32.3. The average Bonchev–Trinajstić information content (AvgIpc) is 2.15. The summed E-state index contributed by atoms with van der Waals surface area (Å²) in [6.45, 7) is 5.97. The highest BCUT2D eigenvalue weighted by Crippen LogP contribution is 2.22. The molecule has 0 saturated carbocycles. The number of rotatable bonds is 8. The second-order valence-electron chi connectivity index (χ2n) is 3.78. The van der Waals surface area contributed by atoms with Gasteiger partial charge in [-0.3, -0.25) is 4.55 Å². The Bertz CT molecular complexity index is 248. The molecule has 0 rings (SSSR count).